The lowest BCUT2D eigenvalue weighted by Crippen LogP contribution is -2.12. The van der Waals surface area contributed by atoms with Gasteiger partial charge in [-0.2, -0.15) is 0 Å². The molecule has 0 aliphatic carbocycles. The number of nitrogens with one attached hydrogen (secondary N) is 1. The summed E-state index contributed by atoms with van der Waals surface area (Å²) in [6.07, 6.45) is 0. The van der Waals surface area contributed by atoms with Crippen molar-refractivity contribution in [2.75, 3.05) is 5.32 Å². The highest BCUT2D eigenvalue weighted by Gasteiger charge is 2.10. The van der Waals surface area contributed by atoms with Gasteiger partial charge in [0.05, 0.1) is 0 Å². The van der Waals surface area contributed by atoms with Gasteiger partial charge in [-0.1, -0.05) is 6.07 Å². The molecule has 2 aromatic heterocycles. The molecular weight excluding hydrogens is 222 g/mol. The van der Waals surface area contributed by atoms with Crippen molar-refractivity contribution in [3.8, 4) is 0 Å². The molecule has 4 nitrogen and oxygen atoms in total. The normalized spacial score (nSPS) is 10.1. The van der Waals surface area contributed by atoms with Crippen LogP contribution in [0, 0.1) is 13.8 Å². The number of thiazole rings is 1. The zero-order valence-corrected chi connectivity index (χ0v) is 9.84. The standard InChI is InChI=1S/C11H11N3OS/c1-7-4-3-5-9(12-7)14-10(15)11-13-8(2)6-16-11/h3-6H,1-2H3,(H,12,14,15). The second-order valence-corrected chi connectivity index (χ2v) is 4.27. The van der Waals surface area contributed by atoms with Crippen LogP contribution in [0.25, 0.3) is 0 Å². The molecule has 0 saturated carbocycles. The third-order valence-corrected chi connectivity index (χ3v) is 2.90. The van der Waals surface area contributed by atoms with Crippen LogP contribution in [0.3, 0.4) is 0 Å². The van der Waals surface area contributed by atoms with Crippen LogP contribution in [-0.4, -0.2) is 15.9 Å². The number of rotatable bonds is 2. The van der Waals surface area contributed by atoms with Crippen molar-refractivity contribution in [1.82, 2.24) is 9.97 Å². The number of carbonyl (C=O) groups is 1. The lowest BCUT2D eigenvalue weighted by atomic mass is 10.4. The van der Waals surface area contributed by atoms with Crippen molar-refractivity contribution < 1.29 is 4.79 Å². The highest BCUT2D eigenvalue weighted by Crippen LogP contribution is 2.11. The molecule has 16 heavy (non-hydrogen) atoms. The molecular formula is C11H11N3OS. The Morgan fingerprint density at radius 1 is 1.25 bits per heavy atom. The minimum atomic E-state index is -0.212. The zero-order valence-electron chi connectivity index (χ0n) is 9.02. The van der Waals surface area contributed by atoms with Crippen LogP contribution in [0.15, 0.2) is 23.6 Å². The highest BCUT2D eigenvalue weighted by molar-refractivity contribution is 7.11. The van der Waals surface area contributed by atoms with Gasteiger partial charge in [0.15, 0.2) is 5.01 Å². The Morgan fingerprint density at radius 2 is 2.06 bits per heavy atom. The Morgan fingerprint density at radius 3 is 2.69 bits per heavy atom. The van der Waals surface area contributed by atoms with Crippen LogP contribution in [0.4, 0.5) is 5.82 Å². The number of aryl methyl sites for hydroxylation is 2. The molecule has 0 aromatic carbocycles. The van der Waals surface area contributed by atoms with Crippen LogP contribution in [0.1, 0.15) is 21.2 Å². The van der Waals surface area contributed by atoms with E-state index < -0.39 is 0 Å². The Kier molecular flexibility index (Phi) is 2.96. The average Bonchev–Trinajstić information content (AvgIpc) is 2.65. The average molecular weight is 233 g/mol. The summed E-state index contributed by atoms with van der Waals surface area (Å²) in [5.41, 5.74) is 1.72. The van der Waals surface area contributed by atoms with E-state index >= 15 is 0 Å². The number of pyridine rings is 1. The second-order valence-electron chi connectivity index (χ2n) is 3.41. The van der Waals surface area contributed by atoms with Gasteiger partial charge >= 0.3 is 0 Å². The zero-order chi connectivity index (χ0) is 11.5. The van der Waals surface area contributed by atoms with Gasteiger partial charge in [0.1, 0.15) is 5.82 Å². The summed E-state index contributed by atoms with van der Waals surface area (Å²) in [6.45, 7) is 3.74. The molecule has 0 radical (unpaired) electrons. The van der Waals surface area contributed by atoms with Crippen molar-refractivity contribution in [3.63, 3.8) is 0 Å². The molecule has 2 heterocycles. The van der Waals surface area contributed by atoms with E-state index in [9.17, 15) is 4.79 Å². The topological polar surface area (TPSA) is 54.9 Å². The Balaban J connectivity index is 2.13. The Hall–Kier alpha value is -1.75. The number of anilines is 1. The summed E-state index contributed by atoms with van der Waals surface area (Å²) in [4.78, 5) is 20.0. The number of amides is 1. The Labute approximate surface area is 97.4 Å². The fraction of sp³-hybridized carbons (Fsp3) is 0.182. The van der Waals surface area contributed by atoms with Gasteiger partial charge in [0, 0.05) is 16.8 Å². The Bertz CT molecular complexity index is 521. The second kappa shape index (κ2) is 4.40. The van der Waals surface area contributed by atoms with Crippen LogP contribution >= 0.6 is 11.3 Å². The fourth-order valence-corrected chi connectivity index (χ4v) is 1.93. The van der Waals surface area contributed by atoms with Crippen LogP contribution in [0.5, 0.6) is 0 Å². The summed E-state index contributed by atoms with van der Waals surface area (Å²) in [7, 11) is 0. The third kappa shape index (κ3) is 2.43. The molecule has 0 aliphatic rings. The summed E-state index contributed by atoms with van der Waals surface area (Å²) < 4.78 is 0. The molecule has 0 saturated heterocycles. The van der Waals surface area contributed by atoms with Crippen molar-refractivity contribution >= 4 is 23.1 Å². The largest absolute Gasteiger partial charge is 0.304 e. The number of hydrogen-bond donors (Lipinski definition) is 1. The molecule has 1 amide bonds. The minimum Gasteiger partial charge on any atom is -0.304 e. The number of hydrogen-bond acceptors (Lipinski definition) is 4. The van der Waals surface area contributed by atoms with E-state index in [-0.39, 0.29) is 5.91 Å². The molecule has 2 rings (SSSR count). The van der Waals surface area contributed by atoms with Crippen molar-refractivity contribution in [2.24, 2.45) is 0 Å². The molecule has 1 N–H and O–H groups in total. The lowest BCUT2D eigenvalue weighted by molar-refractivity contribution is 0.102. The van der Waals surface area contributed by atoms with E-state index in [4.69, 9.17) is 0 Å². The van der Waals surface area contributed by atoms with Gasteiger partial charge in [-0.15, -0.1) is 11.3 Å². The van der Waals surface area contributed by atoms with Crippen LogP contribution in [-0.2, 0) is 0 Å². The maximum Gasteiger partial charge on any atom is 0.285 e. The predicted octanol–water partition coefficient (Wildman–Crippen LogP) is 2.41. The quantitative estimate of drug-likeness (QED) is 0.866. The minimum absolute atomic E-state index is 0.212. The van der Waals surface area contributed by atoms with Crippen molar-refractivity contribution in [3.05, 3.63) is 40.0 Å². The van der Waals surface area contributed by atoms with Crippen molar-refractivity contribution in [1.29, 1.82) is 0 Å². The fourth-order valence-electron chi connectivity index (χ4n) is 1.24. The van der Waals surface area contributed by atoms with E-state index in [1.807, 2.05) is 31.4 Å². The number of carbonyl (C=O) groups excluding carboxylic acids is 1. The van der Waals surface area contributed by atoms with Gasteiger partial charge in [0.2, 0.25) is 0 Å². The molecule has 0 atom stereocenters. The van der Waals surface area contributed by atoms with Gasteiger partial charge in [-0.05, 0) is 26.0 Å². The first-order valence-corrected chi connectivity index (χ1v) is 5.70. The molecule has 5 heteroatoms. The molecule has 82 valence electrons. The van der Waals surface area contributed by atoms with Crippen LogP contribution < -0.4 is 5.32 Å². The van der Waals surface area contributed by atoms with E-state index in [2.05, 4.69) is 15.3 Å². The number of nitrogens with zero attached hydrogens (tertiary/aromatic N) is 2. The van der Waals surface area contributed by atoms with Gasteiger partial charge in [-0.25, -0.2) is 9.97 Å². The SMILES string of the molecule is Cc1cccc(NC(=O)c2nc(C)cs2)n1. The van der Waals surface area contributed by atoms with Gasteiger partial charge in [-0.3, -0.25) is 4.79 Å². The molecule has 2 aromatic rings. The maximum absolute atomic E-state index is 11.7. The highest BCUT2D eigenvalue weighted by atomic mass is 32.1. The first kappa shape index (κ1) is 10.8. The molecule has 0 spiro atoms. The summed E-state index contributed by atoms with van der Waals surface area (Å²) in [5, 5.41) is 5.02. The van der Waals surface area contributed by atoms with E-state index in [1.54, 1.807) is 6.07 Å². The van der Waals surface area contributed by atoms with E-state index in [0.29, 0.717) is 10.8 Å². The lowest BCUT2D eigenvalue weighted by Gasteiger charge is -2.02. The predicted molar refractivity (Wildman–Crippen MR) is 63.8 cm³/mol. The first-order valence-electron chi connectivity index (χ1n) is 4.82. The van der Waals surface area contributed by atoms with Gasteiger partial charge < -0.3 is 5.32 Å². The molecule has 0 unspecified atom stereocenters. The monoisotopic (exact) mass is 233 g/mol. The summed E-state index contributed by atoms with van der Waals surface area (Å²) in [5.74, 6) is 0.342. The van der Waals surface area contributed by atoms with E-state index in [1.165, 1.54) is 11.3 Å². The van der Waals surface area contributed by atoms with Gasteiger partial charge in [0.25, 0.3) is 5.91 Å². The summed E-state index contributed by atoms with van der Waals surface area (Å²) in [6, 6.07) is 5.49. The molecule has 0 aliphatic heterocycles. The van der Waals surface area contributed by atoms with E-state index in [0.717, 1.165) is 11.4 Å². The van der Waals surface area contributed by atoms with Crippen LogP contribution in [0.2, 0.25) is 0 Å². The molecule has 0 fully saturated rings. The molecule has 0 bridgehead atoms. The smallest absolute Gasteiger partial charge is 0.285 e. The van der Waals surface area contributed by atoms with Crippen molar-refractivity contribution in [2.45, 2.75) is 13.8 Å². The first-order chi connectivity index (χ1) is 7.65. The number of aromatic nitrogens is 2. The maximum atomic E-state index is 11.7. The third-order valence-electron chi connectivity index (χ3n) is 1.94. The summed E-state index contributed by atoms with van der Waals surface area (Å²) >= 11 is 1.33.